The third-order valence-corrected chi connectivity index (χ3v) is 4.85. The zero-order valence-corrected chi connectivity index (χ0v) is 14.9. The van der Waals surface area contributed by atoms with Crippen LogP contribution in [0.3, 0.4) is 0 Å². The maximum Gasteiger partial charge on any atom is 0.274 e. The molecule has 3 N–H and O–H groups in total. The number of nitrogens with two attached hydrogens (primary N) is 1. The van der Waals surface area contributed by atoms with Crippen LogP contribution in [-0.2, 0) is 10.2 Å². The Balaban J connectivity index is 1.78. The van der Waals surface area contributed by atoms with E-state index in [1.54, 1.807) is 32.5 Å². The lowest BCUT2D eigenvalue weighted by Crippen LogP contribution is -2.46. The smallest absolute Gasteiger partial charge is 0.274 e. The highest BCUT2D eigenvalue weighted by atomic mass is 32.2. The molecule has 1 aliphatic rings. The summed E-state index contributed by atoms with van der Waals surface area (Å²) < 4.78 is 35.3. The molecule has 2 heterocycles. The number of methoxy groups -OCH3 is 2. The first kappa shape index (κ1) is 17.6. The van der Waals surface area contributed by atoms with Gasteiger partial charge in [-0.05, 0) is 12.8 Å². The molecule has 0 atom stereocenters. The van der Waals surface area contributed by atoms with Crippen LogP contribution >= 0.6 is 0 Å². The van der Waals surface area contributed by atoms with Crippen molar-refractivity contribution < 1.29 is 17.9 Å². The van der Waals surface area contributed by atoms with Gasteiger partial charge in [-0.25, -0.2) is 10.1 Å². The molecule has 0 spiro atoms. The fraction of sp³-hybridized carbons (Fsp3) is 0.467. The van der Waals surface area contributed by atoms with Crippen LogP contribution in [0.2, 0.25) is 0 Å². The van der Waals surface area contributed by atoms with Gasteiger partial charge in [0.15, 0.2) is 11.5 Å². The summed E-state index contributed by atoms with van der Waals surface area (Å²) in [6, 6.07) is 3.43. The molecular weight excluding hydrogens is 346 g/mol. The predicted octanol–water partition coefficient (Wildman–Crippen LogP) is 0.409. The molecule has 2 aromatic rings. The van der Waals surface area contributed by atoms with Gasteiger partial charge in [-0.3, -0.25) is 4.98 Å². The van der Waals surface area contributed by atoms with Crippen LogP contribution in [-0.4, -0.2) is 51.7 Å². The van der Waals surface area contributed by atoms with Gasteiger partial charge in [0, 0.05) is 31.3 Å². The van der Waals surface area contributed by atoms with Crippen LogP contribution in [0.4, 0.5) is 5.82 Å². The molecule has 0 aliphatic carbocycles. The first-order valence-electron chi connectivity index (χ1n) is 7.83. The first-order chi connectivity index (χ1) is 11.9. The van der Waals surface area contributed by atoms with E-state index in [1.165, 1.54) is 0 Å². The predicted molar refractivity (Wildman–Crippen MR) is 94.1 cm³/mol. The van der Waals surface area contributed by atoms with E-state index in [9.17, 15) is 8.42 Å². The van der Waals surface area contributed by atoms with Gasteiger partial charge < -0.3 is 14.4 Å². The molecular formula is C15H21N5O4S. The molecule has 1 aliphatic heterocycles. The highest BCUT2D eigenvalue weighted by Gasteiger charge is 2.23. The van der Waals surface area contributed by atoms with Gasteiger partial charge in [0.25, 0.3) is 10.2 Å². The Labute approximate surface area is 146 Å². The monoisotopic (exact) mass is 367 g/mol. The summed E-state index contributed by atoms with van der Waals surface area (Å²) in [5.41, 5.74) is 1.42. The lowest BCUT2D eigenvalue weighted by molar-refractivity contribution is 0.355. The molecule has 3 rings (SSSR count). The molecule has 0 bridgehead atoms. The number of nitrogens with zero attached hydrogens (tertiary/aromatic N) is 3. The molecule has 1 saturated heterocycles. The molecule has 0 unspecified atom stereocenters. The summed E-state index contributed by atoms with van der Waals surface area (Å²) >= 11 is 0. The maximum atomic E-state index is 11.1. The number of fused-ring (bicyclic) bond motifs is 1. The molecule has 25 heavy (non-hydrogen) atoms. The van der Waals surface area contributed by atoms with E-state index in [4.69, 9.17) is 14.6 Å². The Morgan fingerprint density at radius 2 is 1.76 bits per heavy atom. The van der Waals surface area contributed by atoms with Crippen LogP contribution in [0.15, 0.2) is 18.3 Å². The Kier molecular flexibility index (Phi) is 4.93. The van der Waals surface area contributed by atoms with Crippen molar-refractivity contribution in [1.82, 2.24) is 14.7 Å². The number of rotatable bonds is 5. The standard InChI is InChI=1S/C15H21N5O4S/c1-23-13-7-11-12(8-14(13)24-2)18-15(9-17-11)20-5-3-10(4-6-20)19-25(16,21)22/h7-10,19H,3-6H2,1-2H3,(H2,16,21,22). The van der Waals surface area contributed by atoms with E-state index < -0.39 is 10.2 Å². The van der Waals surface area contributed by atoms with Gasteiger partial charge in [-0.15, -0.1) is 0 Å². The van der Waals surface area contributed by atoms with Crippen molar-refractivity contribution in [2.45, 2.75) is 18.9 Å². The molecule has 0 radical (unpaired) electrons. The second-order valence-electron chi connectivity index (χ2n) is 5.85. The zero-order valence-electron chi connectivity index (χ0n) is 14.1. The second kappa shape index (κ2) is 6.98. The van der Waals surface area contributed by atoms with E-state index in [-0.39, 0.29) is 6.04 Å². The van der Waals surface area contributed by atoms with Gasteiger partial charge in [-0.2, -0.15) is 13.1 Å². The average molecular weight is 367 g/mol. The van der Waals surface area contributed by atoms with Crippen LogP contribution in [0, 0.1) is 0 Å². The van der Waals surface area contributed by atoms with Gasteiger partial charge in [-0.1, -0.05) is 0 Å². The molecule has 0 amide bonds. The summed E-state index contributed by atoms with van der Waals surface area (Å²) in [7, 11) is -0.523. The van der Waals surface area contributed by atoms with E-state index in [2.05, 4.69) is 19.6 Å². The van der Waals surface area contributed by atoms with Crippen molar-refractivity contribution >= 4 is 27.1 Å². The van der Waals surface area contributed by atoms with Crippen molar-refractivity contribution in [3.05, 3.63) is 18.3 Å². The first-order valence-corrected chi connectivity index (χ1v) is 9.38. The van der Waals surface area contributed by atoms with E-state index in [1.807, 2.05) is 0 Å². The summed E-state index contributed by atoms with van der Waals surface area (Å²) in [5, 5.41) is 5.03. The summed E-state index contributed by atoms with van der Waals surface area (Å²) in [4.78, 5) is 11.2. The molecule has 1 fully saturated rings. The van der Waals surface area contributed by atoms with E-state index >= 15 is 0 Å². The van der Waals surface area contributed by atoms with Crippen molar-refractivity contribution in [2.75, 3.05) is 32.2 Å². The number of hydrogen-bond donors (Lipinski definition) is 2. The fourth-order valence-corrected chi connectivity index (χ4v) is 3.64. The SMILES string of the molecule is COc1cc2ncc(N3CCC(NS(N)(=O)=O)CC3)nc2cc1OC. The van der Waals surface area contributed by atoms with Crippen molar-refractivity contribution in [2.24, 2.45) is 5.14 Å². The number of nitrogens with one attached hydrogen (secondary N) is 1. The van der Waals surface area contributed by atoms with Crippen LogP contribution in [0.5, 0.6) is 11.5 Å². The minimum Gasteiger partial charge on any atom is -0.493 e. The Morgan fingerprint density at radius 3 is 2.32 bits per heavy atom. The number of hydrogen-bond acceptors (Lipinski definition) is 7. The lowest BCUT2D eigenvalue weighted by atomic mass is 10.1. The quantitative estimate of drug-likeness (QED) is 0.785. The summed E-state index contributed by atoms with van der Waals surface area (Å²) in [6.45, 7) is 1.33. The van der Waals surface area contributed by atoms with Gasteiger partial charge in [0.2, 0.25) is 0 Å². The minimum absolute atomic E-state index is 0.149. The Morgan fingerprint density at radius 1 is 1.16 bits per heavy atom. The Hall–Kier alpha value is -2.17. The maximum absolute atomic E-state index is 11.1. The van der Waals surface area contributed by atoms with Gasteiger partial charge in [0.1, 0.15) is 5.82 Å². The van der Waals surface area contributed by atoms with E-state index in [0.717, 1.165) is 5.82 Å². The number of piperidine rings is 1. The molecule has 0 saturated carbocycles. The zero-order chi connectivity index (χ0) is 18.0. The van der Waals surface area contributed by atoms with Crippen LogP contribution < -0.4 is 24.2 Å². The highest BCUT2D eigenvalue weighted by Crippen LogP contribution is 2.31. The Bertz CT molecular complexity index is 866. The third-order valence-electron chi connectivity index (χ3n) is 4.18. The molecule has 1 aromatic carbocycles. The highest BCUT2D eigenvalue weighted by molar-refractivity contribution is 7.87. The number of aromatic nitrogens is 2. The fourth-order valence-electron chi connectivity index (χ4n) is 2.94. The topological polar surface area (TPSA) is 120 Å². The van der Waals surface area contributed by atoms with Gasteiger partial charge >= 0.3 is 0 Å². The van der Waals surface area contributed by atoms with E-state index in [0.29, 0.717) is 48.5 Å². The lowest BCUT2D eigenvalue weighted by Gasteiger charge is -2.32. The van der Waals surface area contributed by atoms with Gasteiger partial charge in [0.05, 0.1) is 31.4 Å². The summed E-state index contributed by atoms with van der Waals surface area (Å²) in [5.74, 6) is 1.94. The van der Waals surface area contributed by atoms with Crippen molar-refractivity contribution in [3.63, 3.8) is 0 Å². The number of ether oxygens (including phenoxy) is 2. The normalized spacial score (nSPS) is 16.2. The molecule has 136 valence electrons. The molecule has 9 nitrogen and oxygen atoms in total. The summed E-state index contributed by atoms with van der Waals surface area (Å²) in [6.07, 6.45) is 3.02. The molecule has 10 heteroatoms. The third kappa shape index (κ3) is 4.09. The molecule has 1 aromatic heterocycles. The van der Waals surface area contributed by atoms with Crippen molar-refractivity contribution in [3.8, 4) is 11.5 Å². The van der Waals surface area contributed by atoms with Crippen LogP contribution in [0.1, 0.15) is 12.8 Å². The van der Waals surface area contributed by atoms with Crippen molar-refractivity contribution in [1.29, 1.82) is 0 Å². The minimum atomic E-state index is -3.67. The number of benzene rings is 1. The largest absolute Gasteiger partial charge is 0.493 e. The second-order valence-corrected chi connectivity index (χ2v) is 7.17. The number of anilines is 1. The average Bonchev–Trinajstić information content (AvgIpc) is 2.59. The van der Waals surface area contributed by atoms with Crippen LogP contribution in [0.25, 0.3) is 11.0 Å².